The van der Waals surface area contributed by atoms with E-state index in [1.807, 2.05) is 81.4 Å². The van der Waals surface area contributed by atoms with Gasteiger partial charge in [-0.2, -0.15) is 0 Å². The molecule has 0 spiro atoms. The fourth-order valence-electron chi connectivity index (χ4n) is 4.30. The van der Waals surface area contributed by atoms with E-state index in [0.29, 0.717) is 19.4 Å². The number of cyclic esters (lactones) is 1. The summed E-state index contributed by atoms with van der Waals surface area (Å²) in [6.45, 7) is 5.87. The third-order valence-electron chi connectivity index (χ3n) is 5.60. The van der Waals surface area contributed by atoms with Crippen LogP contribution in [0.25, 0.3) is 0 Å². The normalized spacial score (nSPS) is 25.2. The van der Waals surface area contributed by atoms with Crippen LogP contribution in [0.2, 0.25) is 0 Å². The Morgan fingerprint density at radius 2 is 1.75 bits per heavy atom. The molecule has 2 saturated heterocycles. The minimum Gasteiger partial charge on any atom is -0.489 e. The Morgan fingerprint density at radius 1 is 1.09 bits per heavy atom. The molecule has 2 amide bonds. The fourth-order valence-corrected chi connectivity index (χ4v) is 4.30. The Kier molecular flexibility index (Phi) is 6.26. The van der Waals surface area contributed by atoms with E-state index in [1.165, 1.54) is 0 Å². The van der Waals surface area contributed by atoms with Crippen LogP contribution in [0.15, 0.2) is 60.7 Å². The van der Waals surface area contributed by atoms with Gasteiger partial charge in [-0.25, -0.2) is 9.59 Å². The summed E-state index contributed by atoms with van der Waals surface area (Å²) in [6, 6.07) is 18.8. The molecule has 1 N–H and O–H groups in total. The van der Waals surface area contributed by atoms with Gasteiger partial charge in [0.1, 0.15) is 23.6 Å². The number of hydrogen-bond donors (Lipinski definition) is 1. The van der Waals surface area contributed by atoms with Crippen molar-refractivity contribution in [3.63, 3.8) is 0 Å². The Hall–Kier alpha value is -3.22. The third-order valence-corrected chi connectivity index (χ3v) is 5.60. The molecule has 170 valence electrons. The highest BCUT2D eigenvalue weighted by Crippen LogP contribution is 2.31. The number of para-hydroxylation sites is 1. The van der Waals surface area contributed by atoms with E-state index in [9.17, 15) is 9.59 Å². The van der Waals surface area contributed by atoms with Crippen molar-refractivity contribution in [1.82, 2.24) is 10.2 Å². The summed E-state index contributed by atoms with van der Waals surface area (Å²) in [5, 5.41) is 2.92. The molecular weight excluding hydrogens is 408 g/mol. The molecule has 2 aromatic rings. The van der Waals surface area contributed by atoms with Gasteiger partial charge in [-0.1, -0.05) is 48.5 Å². The first-order valence-corrected chi connectivity index (χ1v) is 11.0. The van der Waals surface area contributed by atoms with Crippen molar-refractivity contribution in [2.75, 3.05) is 6.54 Å². The van der Waals surface area contributed by atoms with Gasteiger partial charge in [0.15, 0.2) is 0 Å². The number of nitrogens with one attached hydrogen (secondary N) is 1. The monoisotopic (exact) mass is 438 g/mol. The molecule has 0 bridgehead atoms. The highest BCUT2D eigenvalue weighted by atomic mass is 16.6. The summed E-state index contributed by atoms with van der Waals surface area (Å²) in [6.07, 6.45) is -0.471. The number of rotatable bonds is 5. The summed E-state index contributed by atoms with van der Waals surface area (Å²) < 4.78 is 17.5. The molecule has 2 aliphatic heterocycles. The van der Waals surface area contributed by atoms with E-state index in [0.717, 1.165) is 11.3 Å². The summed E-state index contributed by atoms with van der Waals surface area (Å²) in [4.78, 5) is 26.9. The number of alkyl carbamates (subject to hydrolysis) is 1. The quantitative estimate of drug-likeness (QED) is 0.758. The van der Waals surface area contributed by atoms with Crippen molar-refractivity contribution in [1.29, 1.82) is 0 Å². The van der Waals surface area contributed by atoms with Gasteiger partial charge in [-0.3, -0.25) is 4.90 Å². The molecule has 0 unspecified atom stereocenters. The number of nitrogens with zero attached hydrogens (tertiary/aromatic N) is 1. The van der Waals surface area contributed by atoms with E-state index in [2.05, 4.69) is 5.32 Å². The second kappa shape index (κ2) is 9.10. The van der Waals surface area contributed by atoms with Gasteiger partial charge in [-0.15, -0.1) is 0 Å². The van der Waals surface area contributed by atoms with Crippen LogP contribution in [0.4, 0.5) is 9.59 Å². The topological polar surface area (TPSA) is 77.1 Å². The van der Waals surface area contributed by atoms with E-state index in [-0.39, 0.29) is 18.2 Å². The van der Waals surface area contributed by atoms with Crippen LogP contribution in [0.1, 0.15) is 32.8 Å². The zero-order valence-corrected chi connectivity index (χ0v) is 18.7. The number of ether oxygens (including phenoxy) is 3. The van der Waals surface area contributed by atoms with E-state index < -0.39 is 23.9 Å². The molecule has 4 rings (SSSR count). The second-order valence-corrected chi connectivity index (χ2v) is 9.30. The first kappa shape index (κ1) is 22.0. The zero-order valence-electron chi connectivity index (χ0n) is 18.7. The molecular formula is C25H30N2O5. The minimum atomic E-state index is -0.631. The maximum atomic E-state index is 13.1. The molecule has 32 heavy (non-hydrogen) atoms. The average molecular weight is 439 g/mol. The van der Waals surface area contributed by atoms with Crippen molar-refractivity contribution in [3.8, 4) is 5.75 Å². The average Bonchev–Trinajstić information content (AvgIpc) is 3.31. The summed E-state index contributed by atoms with van der Waals surface area (Å²) >= 11 is 0. The summed E-state index contributed by atoms with van der Waals surface area (Å²) in [5.41, 5.74) is 0.459. The van der Waals surface area contributed by atoms with Crippen LogP contribution in [0.5, 0.6) is 5.75 Å². The molecule has 2 aromatic carbocycles. The van der Waals surface area contributed by atoms with Crippen LogP contribution in [-0.4, -0.2) is 53.5 Å². The van der Waals surface area contributed by atoms with Crippen molar-refractivity contribution in [2.45, 2.75) is 63.5 Å². The number of amides is 2. The van der Waals surface area contributed by atoms with Gasteiger partial charge in [0.2, 0.25) is 0 Å². The van der Waals surface area contributed by atoms with E-state index in [4.69, 9.17) is 14.2 Å². The fraction of sp³-hybridized carbons (Fsp3) is 0.440. The Bertz CT molecular complexity index is 928. The highest BCUT2D eigenvalue weighted by molar-refractivity contribution is 5.72. The van der Waals surface area contributed by atoms with Gasteiger partial charge in [0.05, 0.1) is 18.6 Å². The largest absolute Gasteiger partial charge is 0.489 e. The third kappa shape index (κ3) is 5.33. The lowest BCUT2D eigenvalue weighted by Crippen LogP contribution is -2.50. The second-order valence-electron chi connectivity index (χ2n) is 9.30. The molecule has 4 atom stereocenters. The molecule has 7 heteroatoms. The van der Waals surface area contributed by atoms with Crippen LogP contribution in [0.3, 0.4) is 0 Å². The lowest BCUT2D eigenvalue weighted by Gasteiger charge is -2.32. The molecule has 7 nitrogen and oxygen atoms in total. The van der Waals surface area contributed by atoms with Crippen LogP contribution < -0.4 is 10.1 Å². The maximum Gasteiger partial charge on any atom is 0.410 e. The lowest BCUT2D eigenvalue weighted by atomic mass is 9.95. The van der Waals surface area contributed by atoms with Gasteiger partial charge >= 0.3 is 12.2 Å². The van der Waals surface area contributed by atoms with Crippen LogP contribution >= 0.6 is 0 Å². The van der Waals surface area contributed by atoms with E-state index in [1.54, 1.807) is 4.90 Å². The van der Waals surface area contributed by atoms with Crippen molar-refractivity contribution in [3.05, 3.63) is 66.2 Å². The molecule has 0 radical (unpaired) electrons. The Labute approximate surface area is 188 Å². The first-order valence-electron chi connectivity index (χ1n) is 11.0. The maximum absolute atomic E-state index is 13.1. The smallest absolute Gasteiger partial charge is 0.410 e. The number of benzene rings is 2. The molecule has 2 aliphatic rings. The molecule has 0 aromatic heterocycles. The number of hydrogen-bond acceptors (Lipinski definition) is 5. The molecule has 2 fully saturated rings. The number of carbonyl (C=O) groups excluding carboxylic acids is 2. The number of carbonyl (C=O) groups is 2. The molecule has 0 saturated carbocycles. The van der Waals surface area contributed by atoms with E-state index >= 15 is 0 Å². The van der Waals surface area contributed by atoms with Gasteiger partial charge in [-0.05, 0) is 44.9 Å². The standard InChI is InChI=1S/C25H30N2O5/c1-25(2,3)32-24(29)27-16-19(30-18-12-8-5-9-13-18)15-21(27)22-20(26-23(28)31-22)14-17-10-6-4-7-11-17/h4-13,19-22H,14-16H2,1-3H3,(H,26,28)/t19-,20+,21-,22+/m1/s1. The van der Waals surface area contributed by atoms with Crippen LogP contribution in [0, 0.1) is 0 Å². The summed E-state index contributed by atoms with van der Waals surface area (Å²) in [5.74, 6) is 0.740. The Balaban J connectivity index is 1.55. The van der Waals surface area contributed by atoms with Crippen molar-refractivity contribution >= 4 is 12.2 Å². The van der Waals surface area contributed by atoms with Crippen molar-refractivity contribution < 1.29 is 23.8 Å². The minimum absolute atomic E-state index is 0.230. The predicted molar refractivity (Wildman–Crippen MR) is 120 cm³/mol. The zero-order chi connectivity index (χ0) is 22.7. The molecule has 2 heterocycles. The van der Waals surface area contributed by atoms with Gasteiger partial charge in [0.25, 0.3) is 0 Å². The van der Waals surface area contributed by atoms with Gasteiger partial charge < -0.3 is 19.5 Å². The predicted octanol–water partition coefficient (Wildman–Crippen LogP) is 4.16. The molecule has 0 aliphatic carbocycles. The lowest BCUT2D eigenvalue weighted by molar-refractivity contribution is 0.00491. The SMILES string of the molecule is CC(C)(C)OC(=O)N1C[C@H](Oc2ccccc2)C[C@@H]1[C@H]1OC(=O)N[C@H]1Cc1ccccc1. The first-order chi connectivity index (χ1) is 15.3. The summed E-state index contributed by atoms with van der Waals surface area (Å²) in [7, 11) is 0. The number of likely N-dealkylation sites (tertiary alicyclic amines) is 1. The Morgan fingerprint density at radius 3 is 2.41 bits per heavy atom. The van der Waals surface area contributed by atoms with Crippen molar-refractivity contribution in [2.24, 2.45) is 0 Å². The van der Waals surface area contributed by atoms with Crippen LogP contribution in [-0.2, 0) is 15.9 Å². The van der Waals surface area contributed by atoms with Gasteiger partial charge in [0, 0.05) is 6.42 Å². The highest BCUT2D eigenvalue weighted by Gasteiger charge is 2.49.